The predicted molar refractivity (Wildman–Crippen MR) is 167 cm³/mol. The van der Waals surface area contributed by atoms with Crippen molar-refractivity contribution in [3.8, 4) is 0 Å². The molecule has 1 atom stereocenters. The van der Waals surface area contributed by atoms with Gasteiger partial charge in [0, 0.05) is 5.92 Å². The van der Waals surface area contributed by atoms with E-state index in [-0.39, 0.29) is 46.5 Å². The van der Waals surface area contributed by atoms with Crippen molar-refractivity contribution in [3.05, 3.63) is 10.7 Å². The topological polar surface area (TPSA) is 170 Å². The number of hydrazine groups is 1. The minimum Gasteiger partial charge on any atom is -0.480 e. The number of carbonyl (C=O) groups is 3. The number of aryl methyl sites for hydroxylation is 2. The van der Waals surface area contributed by atoms with E-state index in [0.717, 1.165) is 88.9 Å². The first-order valence-corrected chi connectivity index (χ1v) is 16.5. The van der Waals surface area contributed by atoms with E-state index in [1.807, 2.05) is 0 Å². The van der Waals surface area contributed by atoms with Crippen LogP contribution in [0, 0.1) is 31.6 Å². The summed E-state index contributed by atoms with van der Waals surface area (Å²) in [5, 5.41) is 20.0. The monoisotopic (exact) mass is 672 g/mol. The molecule has 3 heterocycles. The highest BCUT2D eigenvalue weighted by Gasteiger charge is 2.33. The van der Waals surface area contributed by atoms with Gasteiger partial charge in [-0.3, -0.25) is 9.59 Å². The fourth-order valence-corrected chi connectivity index (χ4v) is 8.00. The molecule has 0 spiro atoms. The molecule has 242 valence electrons. The number of carboxylic acids is 1. The van der Waals surface area contributed by atoms with Crippen LogP contribution in [0.2, 0.25) is 0 Å². The van der Waals surface area contributed by atoms with E-state index >= 15 is 0 Å². The van der Waals surface area contributed by atoms with Gasteiger partial charge in [-0.25, -0.2) is 23.2 Å². The first-order chi connectivity index (χ1) is 19.0. The lowest BCUT2D eigenvalue weighted by Gasteiger charge is -2.28. The Morgan fingerprint density at radius 2 is 1.50 bits per heavy atom. The number of piperidine rings is 2. The predicted octanol–water partition coefficient (Wildman–Crippen LogP) is 2.39. The summed E-state index contributed by atoms with van der Waals surface area (Å²) in [6.45, 7) is 7.81. The molecule has 2 saturated heterocycles. The maximum absolute atomic E-state index is 13.3. The van der Waals surface area contributed by atoms with Crippen LogP contribution in [0.25, 0.3) is 0 Å². The van der Waals surface area contributed by atoms with Crippen LogP contribution < -0.4 is 20.8 Å². The van der Waals surface area contributed by atoms with Crippen molar-refractivity contribution in [3.63, 3.8) is 0 Å². The van der Waals surface area contributed by atoms with Gasteiger partial charge in [0.1, 0.15) is 6.04 Å². The van der Waals surface area contributed by atoms with Crippen LogP contribution in [0.15, 0.2) is 4.21 Å². The zero-order valence-corrected chi connectivity index (χ0v) is 27.8. The molecular formula is C26H46Cl2N6O6S2. The average Bonchev–Trinajstić information content (AvgIpc) is 3.29. The average molecular weight is 674 g/mol. The van der Waals surface area contributed by atoms with Gasteiger partial charge in [-0.15, -0.1) is 41.0 Å². The van der Waals surface area contributed by atoms with E-state index in [1.165, 1.54) is 13.8 Å². The Labute approximate surface area is 265 Å². The summed E-state index contributed by atoms with van der Waals surface area (Å²) in [6, 6.07) is -1.50. The maximum atomic E-state index is 13.3. The van der Waals surface area contributed by atoms with Crippen LogP contribution >= 0.6 is 36.2 Å². The number of rotatable bonds is 14. The zero-order chi connectivity index (χ0) is 29.3. The third kappa shape index (κ3) is 11.5. The van der Waals surface area contributed by atoms with Crippen LogP contribution in [0.4, 0.5) is 0 Å². The SMILES string of the molecule is Cc1nc(C)c(S(=O)(=O)NN(C(=O)CNC(=O)C(CCC2CCNCC2)CCC2CCNCC2)C(C)C(=O)O)s1.Cl.Cl. The molecule has 2 fully saturated rings. The number of sulfonamides is 1. The van der Waals surface area contributed by atoms with Crippen LogP contribution in [0.3, 0.4) is 0 Å². The summed E-state index contributed by atoms with van der Waals surface area (Å²) in [5.74, 6) is -1.63. The highest BCUT2D eigenvalue weighted by molar-refractivity contribution is 7.91. The molecule has 0 aliphatic carbocycles. The highest BCUT2D eigenvalue weighted by Crippen LogP contribution is 2.27. The number of amides is 2. The lowest BCUT2D eigenvalue weighted by molar-refractivity contribution is -0.150. The van der Waals surface area contributed by atoms with Crippen molar-refractivity contribution in [2.24, 2.45) is 17.8 Å². The Morgan fingerprint density at radius 3 is 1.93 bits per heavy atom. The smallest absolute Gasteiger partial charge is 0.327 e. The minimum atomic E-state index is -4.27. The summed E-state index contributed by atoms with van der Waals surface area (Å²) < 4.78 is 25.9. The fraction of sp³-hybridized carbons (Fsp3) is 0.769. The third-order valence-corrected chi connectivity index (χ3v) is 10.9. The van der Waals surface area contributed by atoms with Gasteiger partial charge in [-0.1, -0.05) is 0 Å². The second-order valence-electron chi connectivity index (χ2n) is 10.9. The lowest BCUT2D eigenvalue weighted by Crippen LogP contribution is -2.56. The molecule has 12 nitrogen and oxygen atoms in total. The van der Waals surface area contributed by atoms with Gasteiger partial charge in [-0.05, 0) is 110 Å². The molecule has 3 rings (SSSR count). The van der Waals surface area contributed by atoms with E-state index in [1.54, 1.807) is 6.92 Å². The minimum absolute atomic E-state index is 0. The molecule has 5 N–H and O–H groups in total. The molecule has 1 aromatic heterocycles. The van der Waals surface area contributed by atoms with Gasteiger partial charge in [0.15, 0.2) is 4.21 Å². The van der Waals surface area contributed by atoms with Gasteiger partial charge in [0.25, 0.3) is 15.9 Å². The standard InChI is InChI=1S/C26H44N6O6S2.2ClH/c1-17-26(39-19(3)30-17)40(37,38)31-32(18(2)25(35)36)23(33)16-29-24(34)22(6-4-20-8-12-27-13-9-20)7-5-21-10-14-28-15-11-21;;/h18,20-22,27-28,31H,4-16H2,1-3H3,(H,29,34)(H,35,36);2*1H. The van der Waals surface area contributed by atoms with Gasteiger partial charge in [-0.2, -0.15) is 0 Å². The number of hydrogen-bond donors (Lipinski definition) is 5. The normalized spacial score (nSPS) is 17.1. The molecular weight excluding hydrogens is 627 g/mol. The van der Waals surface area contributed by atoms with Crippen molar-refractivity contribution in [2.75, 3.05) is 32.7 Å². The number of thiazole rings is 1. The summed E-state index contributed by atoms with van der Waals surface area (Å²) in [5.41, 5.74) is 0.254. The lowest BCUT2D eigenvalue weighted by atomic mass is 9.84. The fourth-order valence-electron chi connectivity index (χ4n) is 5.40. The number of nitrogens with one attached hydrogen (secondary N) is 4. The maximum Gasteiger partial charge on any atom is 0.327 e. The van der Waals surface area contributed by atoms with E-state index < -0.39 is 34.5 Å². The first kappa shape index (κ1) is 38.5. The highest BCUT2D eigenvalue weighted by atomic mass is 35.5. The van der Waals surface area contributed by atoms with Crippen LogP contribution in [-0.4, -0.2) is 80.1 Å². The summed E-state index contributed by atoms with van der Waals surface area (Å²) >= 11 is 0.927. The number of aromatic nitrogens is 1. The number of hydrogen-bond acceptors (Lipinski definition) is 9. The van der Waals surface area contributed by atoms with E-state index in [9.17, 15) is 27.9 Å². The Hall–Kier alpha value is -1.55. The molecule has 1 aromatic rings. The quantitative estimate of drug-likeness (QED) is 0.186. The van der Waals surface area contributed by atoms with Gasteiger partial charge in [0.05, 0.1) is 17.2 Å². The molecule has 0 saturated carbocycles. The van der Waals surface area contributed by atoms with Crippen molar-refractivity contribution >= 4 is 64.0 Å². The number of nitrogens with zero attached hydrogens (tertiary/aromatic N) is 2. The van der Waals surface area contributed by atoms with Crippen molar-refractivity contribution in [1.29, 1.82) is 0 Å². The third-order valence-electron chi connectivity index (χ3n) is 7.89. The molecule has 42 heavy (non-hydrogen) atoms. The first-order valence-electron chi connectivity index (χ1n) is 14.2. The molecule has 0 bridgehead atoms. The molecule has 16 heteroatoms. The van der Waals surface area contributed by atoms with Crippen LogP contribution in [0.5, 0.6) is 0 Å². The Kier molecular flexibility index (Phi) is 16.8. The largest absolute Gasteiger partial charge is 0.480 e. The van der Waals surface area contributed by atoms with Crippen LogP contribution in [-0.2, 0) is 24.4 Å². The Bertz CT molecular complexity index is 1100. The molecule has 1 unspecified atom stereocenters. The Morgan fingerprint density at radius 1 is 1.00 bits per heavy atom. The number of aliphatic carboxylic acids is 1. The van der Waals surface area contributed by atoms with Crippen LogP contribution in [0.1, 0.15) is 69.0 Å². The van der Waals surface area contributed by atoms with Gasteiger partial charge >= 0.3 is 5.97 Å². The van der Waals surface area contributed by atoms with E-state index in [4.69, 9.17) is 0 Å². The zero-order valence-electron chi connectivity index (χ0n) is 24.5. The van der Waals surface area contributed by atoms with E-state index in [2.05, 4.69) is 25.8 Å². The number of halogens is 2. The molecule has 2 aliphatic heterocycles. The van der Waals surface area contributed by atoms with Gasteiger partial charge in [0.2, 0.25) is 5.91 Å². The van der Waals surface area contributed by atoms with Gasteiger partial charge < -0.3 is 21.1 Å². The van der Waals surface area contributed by atoms with Crippen molar-refractivity contribution < 1.29 is 27.9 Å². The van der Waals surface area contributed by atoms with Crippen molar-refractivity contribution in [2.45, 2.75) is 82.4 Å². The summed E-state index contributed by atoms with van der Waals surface area (Å²) in [4.78, 5) is 44.4. The second-order valence-corrected chi connectivity index (χ2v) is 14.0. The Balaban J connectivity index is 0.00000441. The molecule has 2 aliphatic rings. The molecule has 2 amide bonds. The second kappa shape index (κ2) is 18.3. The molecule has 0 aromatic carbocycles. The number of carboxylic acid groups (broad SMARTS) is 1. The van der Waals surface area contributed by atoms with Crippen molar-refractivity contribution in [1.82, 2.24) is 30.8 Å². The number of carbonyl (C=O) groups excluding carboxylic acids is 2. The summed E-state index contributed by atoms with van der Waals surface area (Å²) in [6.07, 6.45) is 7.67. The molecule has 0 radical (unpaired) electrons. The summed E-state index contributed by atoms with van der Waals surface area (Å²) in [7, 11) is -4.27. The van der Waals surface area contributed by atoms with E-state index in [0.29, 0.717) is 21.9 Å².